The van der Waals surface area contributed by atoms with Gasteiger partial charge in [0.25, 0.3) is 0 Å². The molecule has 0 aliphatic carbocycles. The Kier molecular flexibility index (Phi) is 5.72. The molecule has 0 bridgehead atoms. The number of carboxylic acids is 1. The molecule has 0 amide bonds. The normalized spacial score (nSPS) is 11.9. The van der Waals surface area contributed by atoms with Crippen molar-refractivity contribution < 1.29 is 18.3 Å². The van der Waals surface area contributed by atoms with E-state index in [9.17, 15) is 13.2 Å². The van der Waals surface area contributed by atoms with Crippen LogP contribution in [0.3, 0.4) is 0 Å². The summed E-state index contributed by atoms with van der Waals surface area (Å²) in [6.45, 7) is 4.28. The Morgan fingerprint density at radius 1 is 1.35 bits per heavy atom. The molecule has 20 heavy (non-hydrogen) atoms. The zero-order valence-electron chi connectivity index (χ0n) is 11.4. The molecule has 0 atom stereocenters. The number of aliphatic carboxylic acids is 1. The molecule has 0 radical (unpaired) electrons. The predicted molar refractivity (Wildman–Crippen MR) is 78.6 cm³/mol. The molecule has 110 valence electrons. The topological polar surface area (TPSA) is 86.7 Å². The number of nitrogens with zero attached hydrogens (tertiary/aromatic N) is 1. The molecule has 0 unspecified atom stereocenters. The van der Waals surface area contributed by atoms with Crippen molar-refractivity contribution >= 4 is 27.9 Å². The fourth-order valence-electron chi connectivity index (χ4n) is 1.65. The van der Waals surface area contributed by atoms with Gasteiger partial charge in [0.1, 0.15) is 0 Å². The summed E-state index contributed by atoms with van der Waals surface area (Å²) in [4.78, 5) is 10.4. The molecule has 7 heteroatoms. The number of anilines is 1. The van der Waals surface area contributed by atoms with Crippen LogP contribution in [0.4, 0.5) is 5.69 Å². The summed E-state index contributed by atoms with van der Waals surface area (Å²) in [7, 11) is -3.58. The van der Waals surface area contributed by atoms with Crippen LogP contribution in [0, 0.1) is 0 Å². The second-order valence-corrected chi connectivity index (χ2v) is 5.66. The number of hydrogen-bond acceptors (Lipinski definition) is 3. The minimum absolute atomic E-state index is 0.379. The molecule has 0 saturated heterocycles. The summed E-state index contributed by atoms with van der Waals surface area (Å²) in [6, 6.07) is 6.52. The first-order valence-electron chi connectivity index (χ1n) is 6.18. The molecule has 0 aliphatic heterocycles. The zero-order valence-corrected chi connectivity index (χ0v) is 12.2. The molecule has 2 N–H and O–H groups in total. The summed E-state index contributed by atoms with van der Waals surface area (Å²) >= 11 is 0. The van der Waals surface area contributed by atoms with Crippen LogP contribution in [0.2, 0.25) is 0 Å². The van der Waals surface area contributed by atoms with Crippen LogP contribution in [0.5, 0.6) is 0 Å². The highest BCUT2D eigenvalue weighted by molar-refractivity contribution is 7.90. The summed E-state index contributed by atoms with van der Waals surface area (Å²) in [5.41, 5.74) is 0.997. The second kappa shape index (κ2) is 7.06. The van der Waals surface area contributed by atoms with Crippen LogP contribution in [-0.4, -0.2) is 36.9 Å². The minimum Gasteiger partial charge on any atom is -0.478 e. The van der Waals surface area contributed by atoms with Crippen molar-refractivity contribution in [3.05, 3.63) is 35.9 Å². The molecule has 0 saturated carbocycles. The van der Waals surface area contributed by atoms with Crippen molar-refractivity contribution in [3.63, 3.8) is 0 Å². The Labute approximate surface area is 118 Å². The number of benzene rings is 1. The van der Waals surface area contributed by atoms with Gasteiger partial charge >= 0.3 is 16.2 Å². The van der Waals surface area contributed by atoms with Gasteiger partial charge in [0.05, 0.1) is 5.69 Å². The number of hydrogen-bond donors (Lipinski definition) is 2. The Hall–Kier alpha value is -1.86. The van der Waals surface area contributed by atoms with Crippen LogP contribution in [0.25, 0.3) is 6.08 Å². The number of carbonyl (C=O) groups is 1. The van der Waals surface area contributed by atoms with E-state index in [2.05, 4.69) is 4.72 Å². The van der Waals surface area contributed by atoms with Crippen molar-refractivity contribution in [2.75, 3.05) is 17.8 Å². The van der Waals surface area contributed by atoms with E-state index in [-0.39, 0.29) is 0 Å². The van der Waals surface area contributed by atoms with E-state index in [1.54, 1.807) is 38.1 Å². The quantitative estimate of drug-likeness (QED) is 0.751. The van der Waals surface area contributed by atoms with Crippen LogP contribution in [0.15, 0.2) is 30.3 Å². The maximum Gasteiger partial charge on any atom is 0.328 e. The molecular formula is C13H18N2O4S. The maximum absolute atomic E-state index is 12.0. The Bertz CT molecular complexity index is 592. The van der Waals surface area contributed by atoms with E-state index in [1.165, 1.54) is 10.4 Å². The first-order valence-corrected chi connectivity index (χ1v) is 7.62. The molecule has 0 aliphatic rings. The highest BCUT2D eigenvalue weighted by Crippen LogP contribution is 2.15. The van der Waals surface area contributed by atoms with Gasteiger partial charge in [-0.3, -0.25) is 4.72 Å². The fourth-order valence-corrected chi connectivity index (χ4v) is 2.88. The summed E-state index contributed by atoms with van der Waals surface area (Å²) < 4.78 is 27.8. The molecule has 0 aromatic heterocycles. The van der Waals surface area contributed by atoms with E-state index in [0.717, 1.165) is 6.08 Å². The van der Waals surface area contributed by atoms with Gasteiger partial charge in [-0.15, -0.1) is 0 Å². The van der Waals surface area contributed by atoms with Gasteiger partial charge in [-0.25, -0.2) is 4.79 Å². The van der Waals surface area contributed by atoms with Crippen molar-refractivity contribution in [3.8, 4) is 0 Å². The van der Waals surface area contributed by atoms with Crippen molar-refractivity contribution in [1.29, 1.82) is 0 Å². The third-order valence-corrected chi connectivity index (χ3v) is 4.29. The van der Waals surface area contributed by atoms with Gasteiger partial charge < -0.3 is 5.11 Å². The van der Waals surface area contributed by atoms with Crippen LogP contribution < -0.4 is 4.72 Å². The number of rotatable bonds is 7. The molecule has 1 aromatic rings. The lowest BCUT2D eigenvalue weighted by atomic mass is 10.2. The summed E-state index contributed by atoms with van der Waals surface area (Å²) in [6.07, 6.45) is 2.40. The molecule has 6 nitrogen and oxygen atoms in total. The van der Waals surface area contributed by atoms with E-state index >= 15 is 0 Å². The lowest BCUT2D eigenvalue weighted by Gasteiger charge is -2.19. The lowest BCUT2D eigenvalue weighted by molar-refractivity contribution is -0.131. The van der Waals surface area contributed by atoms with Gasteiger partial charge in [0.15, 0.2) is 0 Å². The van der Waals surface area contributed by atoms with E-state index in [4.69, 9.17) is 5.11 Å². The van der Waals surface area contributed by atoms with Gasteiger partial charge in [-0.2, -0.15) is 12.7 Å². The second-order valence-electron chi connectivity index (χ2n) is 3.99. The SMILES string of the molecule is CCN(CC)S(=O)(=O)Nc1cccc(C=CC(=O)O)c1. The largest absolute Gasteiger partial charge is 0.478 e. The highest BCUT2D eigenvalue weighted by atomic mass is 32.2. The van der Waals surface area contributed by atoms with Crippen LogP contribution in [-0.2, 0) is 15.0 Å². The first kappa shape index (κ1) is 16.2. The van der Waals surface area contributed by atoms with E-state index < -0.39 is 16.2 Å². The summed E-state index contributed by atoms with van der Waals surface area (Å²) in [5, 5.41) is 8.56. The fraction of sp³-hybridized carbons (Fsp3) is 0.308. The summed E-state index contributed by atoms with van der Waals surface area (Å²) in [5.74, 6) is -1.06. The number of nitrogens with one attached hydrogen (secondary N) is 1. The van der Waals surface area contributed by atoms with E-state index in [1.807, 2.05) is 0 Å². The minimum atomic E-state index is -3.58. The molecule has 1 rings (SSSR count). The first-order chi connectivity index (χ1) is 9.39. The molecule has 0 spiro atoms. The van der Waals surface area contributed by atoms with Crippen molar-refractivity contribution in [1.82, 2.24) is 4.31 Å². The molecule has 0 heterocycles. The zero-order chi connectivity index (χ0) is 15.2. The van der Waals surface area contributed by atoms with Gasteiger partial charge in [-0.05, 0) is 23.8 Å². The van der Waals surface area contributed by atoms with Gasteiger partial charge in [-0.1, -0.05) is 26.0 Å². The third kappa shape index (κ3) is 4.67. The maximum atomic E-state index is 12.0. The van der Waals surface area contributed by atoms with Crippen molar-refractivity contribution in [2.24, 2.45) is 0 Å². The van der Waals surface area contributed by atoms with Gasteiger partial charge in [0.2, 0.25) is 0 Å². The van der Waals surface area contributed by atoms with Crippen molar-refractivity contribution in [2.45, 2.75) is 13.8 Å². The predicted octanol–water partition coefficient (Wildman–Crippen LogP) is 1.78. The average Bonchev–Trinajstić information content (AvgIpc) is 2.37. The van der Waals surface area contributed by atoms with Gasteiger partial charge in [0, 0.05) is 19.2 Å². The monoisotopic (exact) mass is 298 g/mol. The highest BCUT2D eigenvalue weighted by Gasteiger charge is 2.18. The standard InChI is InChI=1S/C13H18N2O4S/c1-3-15(4-2)20(18,19)14-12-7-5-6-11(10-12)8-9-13(16)17/h5-10,14H,3-4H2,1-2H3,(H,16,17). The lowest BCUT2D eigenvalue weighted by Crippen LogP contribution is -2.35. The Morgan fingerprint density at radius 3 is 2.55 bits per heavy atom. The molecule has 1 aromatic carbocycles. The van der Waals surface area contributed by atoms with Crippen LogP contribution >= 0.6 is 0 Å². The average molecular weight is 298 g/mol. The Balaban J connectivity index is 2.93. The molecular weight excluding hydrogens is 280 g/mol. The van der Waals surface area contributed by atoms with E-state index in [0.29, 0.717) is 24.3 Å². The third-order valence-electron chi connectivity index (χ3n) is 2.60. The molecule has 0 fully saturated rings. The van der Waals surface area contributed by atoms with Crippen LogP contribution in [0.1, 0.15) is 19.4 Å². The number of carboxylic acid groups (broad SMARTS) is 1. The smallest absolute Gasteiger partial charge is 0.328 e. The Morgan fingerprint density at radius 2 is 2.00 bits per heavy atom.